The van der Waals surface area contributed by atoms with Crippen molar-refractivity contribution in [3.05, 3.63) is 93.1 Å². The molecule has 0 saturated carbocycles. The number of benzene rings is 2. The van der Waals surface area contributed by atoms with Crippen LogP contribution in [0.3, 0.4) is 0 Å². The van der Waals surface area contributed by atoms with E-state index in [9.17, 15) is 19.8 Å². The Hall–Kier alpha value is -3.40. The van der Waals surface area contributed by atoms with E-state index < -0.39 is 5.97 Å². The Labute approximate surface area is 164 Å². The Bertz CT molecular complexity index is 1050. The van der Waals surface area contributed by atoms with E-state index in [1.54, 1.807) is 50.3 Å². The number of aryl methyl sites for hydroxylation is 2. The molecule has 0 bridgehead atoms. The Kier molecular flexibility index (Phi) is 5.06. The zero-order valence-corrected chi connectivity index (χ0v) is 16.3. The summed E-state index contributed by atoms with van der Waals surface area (Å²) in [6.45, 7) is 7.13. The quantitative estimate of drug-likeness (QED) is 0.794. The maximum atomic E-state index is 12.2. The van der Waals surface area contributed by atoms with Gasteiger partial charge in [-0.1, -0.05) is 18.2 Å². The summed E-state index contributed by atoms with van der Waals surface area (Å²) in [6.07, 6.45) is 3.58. The highest BCUT2D eigenvalue weighted by atomic mass is 16.4. The highest BCUT2D eigenvalue weighted by molar-refractivity contribution is 6.11. The maximum Gasteiger partial charge on any atom is 0.336 e. The number of carboxylic acid groups (broad SMARTS) is 1. The standard InChI is InChI=1S/C24H22O4/c1-13-9-17(10-14(2)22(13)25)21(18-11-15(3)23(26)16(4)12-18)19-7-5-6-8-20(19)24(27)28/h5-12,25H,1-4H3,(H,27,28). The van der Waals surface area contributed by atoms with Gasteiger partial charge in [-0.2, -0.15) is 0 Å². The fraction of sp³-hybridized carbons (Fsp3) is 0.167. The predicted octanol–water partition coefficient (Wildman–Crippen LogP) is 4.98. The van der Waals surface area contributed by atoms with Crippen molar-refractivity contribution in [1.82, 2.24) is 0 Å². The number of allylic oxidation sites excluding steroid dienone is 5. The van der Waals surface area contributed by atoms with Crippen LogP contribution in [0.4, 0.5) is 0 Å². The number of aromatic carboxylic acids is 1. The molecule has 0 unspecified atom stereocenters. The first-order valence-electron chi connectivity index (χ1n) is 8.99. The number of phenols is 1. The normalized spacial score (nSPS) is 13.9. The molecule has 1 aliphatic carbocycles. The Morgan fingerprint density at radius 2 is 1.36 bits per heavy atom. The second-order valence-corrected chi connectivity index (χ2v) is 7.12. The van der Waals surface area contributed by atoms with Gasteiger partial charge in [0.05, 0.1) is 5.56 Å². The van der Waals surface area contributed by atoms with Crippen LogP contribution in [0.2, 0.25) is 0 Å². The molecular weight excluding hydrogens is 352 g/mol. The number of ketones is 1. The van der Waals surface area contributed by atoms with Crippen molar-refractivity contribution < 1.29 is 19.8 Å². The Morgan fingerprint density at radius 3 is 1.86 bits per heavy atom. The summed E-state index contributed by atoms with van der Waals surface area (Å²) in [5, 5.41) is 19.9. The van der Waals surface area contributed by atoms with Gasteiger partial charge in [-0.05, 0) is 103 Å². The molecule has 0 spiro atoms. The molecule has 1 aliphatic rings. The van der Waals surface area contributed by atoms with Crippen LogP contribution in [0.25, 0.3) is 5.57 Å². The number of carbonyl (C=O) groups is 2. The van der Waals surface area contributed by atoms with Crippen LogP contribution in [0.5, 0.6) is 5.75 Å². The van der Waals surface area contributed by atoms with Crippen LogP contribution < -0.4 is 0 Å². The van der Waals surface area contributed by atoms with Crippen molar-refractivity contribution in [2.24, 2.45) is 0 Å². The Balaban J connectivity index is 2.43. The third-order valence-corrected chi connectivity index (χ3v) is 4.96. The van der Waals surface area contributed by atoms with Crippen LogP contribution in [0.1, 0.15) is 46.5 Å². The molecule has 2 aromatic carbocycles. The molecule has 0 radical (unpaired) electrons. The second-order valence-electron chi connectivity index (χ2n) is 7.12. The minimum Gasteiger partial charge on any atom is -0.507 e. The van der Waals surface area contributed by atoms with Crippen LogP contribution >= 0.6 is 0 Å². The zero-order chi connectivity index (χ0) is 20.6. The molecule has 0 atom stereocenters. The monoisotopic (exact) mass is 374 g/mol. The first kappa shape index (κ1) is 19.4. The molecule has 0 saturated heterocycles. The van der Waals surface area contributed by atoms with E-state index in [4.69, 9.17) is 0 Å². The molecule has 0 aromatic heterocycles. The number of hydrogen-bond acceptors (Lipinski definition) is 3. The van der Waals surface area contributed by atoms with Gasteiger partial charge in [0, 0.05) is 0 Å². The zero-order valence-electron chi connectivity index (χ0n) is 16.3. The minimum absolute atomic E-state index is 0.0207. The lowest BCUT2D eigenvalue weighted by atomic mass is 9.84. The van der Waals surface area contributed by atoms with E-state index in [0.717, 1.165) is 16.7 Å². The summed E-state index contributed by atoms with van der Waals surface area (Å²) in [6, 6.07) is 10.5. The number of aromatic hydroxyl groups is 1. The number of rotatable bonds is 3. The molecule has 2 aromatic rings. The first-order chi connectivity index (χ1) is 13.2. The smallest absolute Gasteiger partial charge is 0.336 e. The lowest BCUT2D eigenvalue weighted by molar-refractivity contribution is -0.112. The van der Waals surface area contributed by atoms with Gasteiger partial charge in [0.2, 0.25) is 0 Å². The van der Waals surface area contributed by atoms with E-state index in [0.29, 0.717) is 27.8 Å². The third kappa shape index (κ3) is 3.41. The lowest BCUT2D eigenvalue weighted by Crippen LogP contribution is -2.09. The van der Waals surface area contributed by atoms with E-state index in [1.165, 1.54) is 0 Å². The van der Waals surface area contributed by atoms with Gasteiger partial charge in [-0.3, -0.25) is 4.79 Å². The van der Waals surface area contributed by atoms with Gasteiger partial charge in [0.1, 0.15) is 5.75 Å². The number of carboxylic acids is 1. The largest absolute Gasteiger partial charge is 0.507 e. The average molecular weight is 374 g/mol. The van der Waals surface area contributed by atoms with Crippen molar-refractivity contribution >= 4 is 17.3 Å². The molecule has 4 nitrogen and oxygen atoms in total. The number of phenolic OH excluding ortho intramolecular Hbond substituents is 1. The number of hydrogen-bond donors (Lipinski definition) is 2. The molecule has 28 heavy (non-hydrogen) atoms. The molecule has 4 heteroatoms. The van der Waals surface area contributed by atoms with E-state index in [1.807, 2.05) is 26.0 Å². The topological polar surface area (TPSA) is 74.6 Å². The van der Waals surface area contributed by atoms with Crippen LogP contribution in [0, 0.1) is 13.8 Å². The molecule has 2 N–H and O–H groups in total. The van der Waals surface area contributed by atoms with Gasteiger partial charge in [-0.25, -0.2) is 4.79 Å². The van der Waals surface area contributed by atoms with E-state index in [-0.39, 0.29) is 17.1 Å². The van der Waals surface area contributed by atoms with Crippen molar-refractivity contribution in [3.8, 4) is 5.75 Å². The van der Waals surface area contributed by atoms with Gasteiger partial charge < -0.3 is 10.2 Å². The predicted molar refractivity (Wildman–Crippen MR) is 110 cm³/mol. The lowest BCUT2D eigenvalue weighted by Gasteiger charge is -2.19. The summed E-state index contributed by atoms with van der Waals surface area (Å²) >= 11 is 0. The molecule has 0 amide bonds. The van der Waals surface area contributed by atoms with Crippen molar-refractivity contribution in [2.45, 2.75) is 27.7 Å². The third-order valence-electron chi connectivity index (χ3n) is 4.96. The van der Waals surface area contributed by atoms with Crippen LogP contribution in [-0.4, -0.2) is 22.0 Å². The van der Waals surface area contributed by atoms with Gasteiger partial charge in [0.25, 0.3) is 0 Å². The highest BCUT2D eigenvalue weighted by Gasteiger charge is 2.21. The van der Waals surface area contributed by atoms with Gasteiger partial charge >= 0.3 is 5.97 Å². The molecule has 142 valence electrons. The summed E-state index contributed by atoms with van der Waals surface area (Å²) in [5.41, 5.74) is 5.64. The summed E-state index contributed by atoms with van der Waals surface area (Å²) in [4.78, 5) is 24.1. The summed E-state index contributed by atoms with van der Waals surface area (Å²) < 4.78 is 0. The summed E-state index contributed by atoms with van der Waals surface area (Å²) in [7, 11) is 0. The van der Waals surface area contributed by atoms with Crippen molar-refractivity contribution in [2.75, 3.05) is 0 Å². The minimum atomic E-state index is -1.02. The summed E-state index contributed by atoms with van der Waals surface area (Å²) in [5.74, 6) is -0.821. The van der Waals surface area contributed by atoms with E-state index >= 15 is 0 Å². The van der Waals surface area contributed by atoms with Gasteiger partial charge in [0.15, 0.2) is 5.78 Å². The SMILES string of the molecule is CC1=CC(=C(c2cc(C)c(O)c(C)c2)c2ccccc2C(=O)O)C=C(C)C1=O. The van der Waals surface area contributed by atoms with Crippen molar-refractivity contribution in [1.29, 1.82) is 0 Å². The van der Waals surface area contributed by atoms with Crippen molar-refractivity contribution in [3.63, 3.8) is 0 Å². The first-order valence-corrected chi connectivity index (χ1v) is 8.99. The number of Topliss-reactive ketones (excluding diaryl/α,β-unsaturated/α-hetero) is 1. The van der Waals surface area contributed by atoms with Crippen LogP contribution in [-0.2, 0) is 4.79 Å². The fourth-order valence-electron chi connectivity index (χ4n) is 3.56. The van der Waals surface area contributed by atoms with Crippen LogP contribution in [0.15, 0.2) is 65.3 Å². The second kappa shape index (κ2) is 7.31. The molecular formula is C24H22O4. The Morgan fingerprint density at radius 1 is 0.857 bits per heavy atom. The maximum absolute atomic E-state index is 12.2. The number of carbonyl (C=O) groups excluding carboxylic acids is 1. The highest BCUT2D eigenvalue weighted by Crippen LogP contribution is 2.36. The average Bonchev–Trinajstić information content (AvgIpc) is 2.64. The van der Waals surface area contributed by atoms with E-state index in [2.05, 4.69) is 0 Å². The molecule has 0 aliphatic heterocycles. The molecule has 0 heterocycles. The molecule has 3 rings (SSSR count). The fourth-order valence-corrected chi connectivity index (χ4v) is 3.56. The molecule has 0 fully saturated rings. The van der Waals surface area contributed by atoms with Gasteiger partial charge in [-0.15, -0.1) is 0 Å².